The molecule has 0 saturated carbocycles. The average molecular weight is 367 g/mol. The van der Waals surface area contributed by atoms with E-state index in [0.29, 0.717) is 24.4 Å². The lowest BCUT2D eigenvalue weighted by atomic mass is 9.79. The Labute approximate surface area is 155 Å². The highest BCUT2D eigenvalue weighted by Gasteiger charge is 2.33. The van der Waals surface area contributed by atoms with Gasteiger partial charge in [-0.25, -0.2) is 0 Å². The predicted molar refractivity (Wildman–Crippen MR) is 98.7 cm³/mol. The van der Waals surface area contributed by atoms with Crippen LogP contribution >= 0.6 is 12.4 Å². The molecular formula is C18H27ClN4O2. The number of piperidine rings is 1. The Morgan fingerprint density at radius 3 is 2.64 bits per heavy atom. The second-order valence-electron chi connectivity index (χ2n) is 7.26. The number of benzene rings is 1. The van der Waals surface area contributed by atoms with Crippen molar-refractivity contribution in [1.82, 2.24) is 15.0 Å². The molecule has 0 aliphatic carbocycles. The molecule has 0 spiro atoms. The molecule has 6 nitrogen and oxygen atoms in total. The Bertz CT molecular complexity index is 672. The smallest absolute Gasteiger partial charge is 0.223 e. The lowest BCUT2D eigenvalue weighted by Crippen LogP contribution is -2.52. The van der Waals surface area contributed by atoms with Crippen LogP contribution in [0.5, 0.6) is 5.75 Å². The molecule has 3 rings (SSSR count). The number of likely N-dealkylation sites (tertiary alicyclic amines) is 1. The fourth-order valence-electron chi connectivity index (χ4n) is 3.12. The molecule has 1 unspecified atom stereocenters. The third-order valence-corrected chi connectivity index (χ3v) is 4.66. The number of hydrogen-bond acceptors (Lipinski definition) is 6. The summed E-state index contributed by atoms with van der Waals surface area (Å²) >= 11 is 0. The molecule has 138 valence electrons. The largest absolute Gasteiger partial charge is 0.485 e. The summed E-state index contributed by atoms with van der Waals surface area (Å²) in [7, 11) is 0. The van der Waals surface area contributed by atoms with E-state index in [1.165, 1.54) is 5.56 Å². The standard InChI is InChI=1S/C18H26N4O2.ClH/c1-13-20-17(21-24-13)11-23-15-6-4-14(5-7-15)10-22-9-8-16(19)18(2,3)12-22;/h4-7,16H,8-12,19H2,1-3H3;1H. The quantitative estimate of drug-likeness (QED) is 0.876. The summed E-state index contributed by atoms with van der Waals surface area (Å²) in [5.41, 5.74) is 7.66. The number of rotatable bonds is 5. The predicted octanol–water partition coefficient (Wildman–Crippen LogP) is 2.94. The van der Waals surface area contributed by atoms with E-state index in [2.05, 4.69) is 41.0 Å². The number of nitrogens with zero attached hydrogens (tertiary/aromatic N) is 3. The van der Waals surface area contributed by atoms with Crippen LogP contribution in [0.3, 0.4) is 0 Å². The molecule has 1 aliphatic rings. The number of ether oxygens (including phenoxy) is 1. The molecule has 0 amide bonds. The van der Waals surface area contributed by atoms with Gasteiger partial charge in [-0.15, -0.1) is 12.4 Å². The zero-order chi connectivity index (χ0) is 17.2. The highest BCUT2D eigenvalue weighted by Crippen LogP contribution is 2.28. The van der Waals surface area contributed by atoms with E-state index in [1.807, 2.05) is 12.1 Å². The zero-order valence-electron chi connectivity index (χ0n) is 15.1. The van der Waals surface area contributed by atoms with E-state index >= 15 is 0 Å². The van der Waals surface area contributed by atoms with Crippen LogP contribution in [0, 0.1) is 12.3 Å². The summed E-state index contributed by atoms with van der Waals surface area (Å²) in [6.07, 6.45) is 1.05. The van der Waals surface area contributed by atoms with Crippen molar-refractivity contribution in [3.8, 4) is 5.75 Å². The molecule has 25 heavy (non-hydrogen) atoms. The van der Waals surface area contributed by atoms with Gasteiger partial charge >= 0.3 is 0 Å². The van der Waals surface area contributed by atoms with Crippen LogP contribution in [-0.4, -0.2) is 34.2 Å². The molecule has 2 heterocycles. The molecule has 1 aliphatic heterocycles. The maximum atomic E-state index is 6.21. The van der Waals surface area contributed by atoms with Gasteiger partial charge in [-0.05, 0) is 29.5 Å². The minimum Gasteiger partial charge on any atom is -0.485 e. The van der Waals surface area contributed by atoms with E-state index in [1.54, 1.807) is 6.92 Å². The van der Waals surface area contributed by atoms with Crippen LogP contribution in [0.15, 0.2) is 28.8 Å². The van der Waals surface area contributed by atoms with Crippen LogP contribution in [0.4, 0.5) is 0 Å². The van der Waals surface area contributed by atoms with Crippen LogP contribution in [0.1, 0.15) is 37.5 Å². The van der Waals surface area contributed by atoms with Crippen LogP contribution in [0.2, 0.25) is 0 Å². The van der Waals surface area contributed by atoms with Gasteiger partial charge in [0.15, 0.2) is 6.61 Å². The van der Waals surface area contributed by atoms with Crippen molar-refractivity contribution in [3.05, 3.63) is 41.5 Å². The molecule has 1 fully saturated rings. The fraction of sp³-hybridized carbons (Fsp3) is 0.556. The molecule has 1 aromatic carbocycles. The molecule has 0 radical (unpaired) electrons. The molecule has 1 aromatic heterocycles. The molecule has 1 atom stereocenters. The molecule has 7 heteroatoms. The summed E-state index contributed by atoms with van der Waals surface area (Å²) in [6.45, 7) is 9.61. The minimum atomic E-state index is 0. The van der Waals surface area contributed by atoms with E-state index in [-0.39, 0.29) is 17.8 Å². The maximum Gasteiger partial charge on any atom is 0.223 e. The number of aromatic nitrogens is 2. The Kier molecular flexibility index (Phi) is 6.43. The van der Waals surface area contributed by atoms with Crippen molar-refractivity contribution in [3.63, 3.8) is 0 Å². The monoisotopic (exact) mass is 366 g/mol. The summed E-state index contributed by atoms with van der Waals surface area (Å²) < 4.78 is 10.6. The van der Waals surface area contributed by atoms with Crippen molar-refractivity contribution in [1.29, 1.82) is 0 Å². The van der Waals surface area contributed by atoms with Gasteiger partial charge in [-0.1, -0.05) is 31.1 Å². The molecular weight excluding hydrogens is 340 g/mol. The van der Waals surface area contributed by atoms with Crippen LogP contribution in [-0.2, 0) is 13.2 Å². The fourth-order valence-corrected chi connectivity index (χ4v) is 3.12. The zero-order valence-corrected chi connectivity index (χ0v) is 15.9. The third kappa shape index (κ3) is 5.17. The van der Waals surface area contributed by atoms with Crippen LogP contribution < -0.4 is 10.5 Å². The van der Waals surface area contributed by atoms with E-state index in [4.69, 9.17) is 15.0 Å². The normalized spacial score (nSPS) is 20.1. The highest BCUT2D eigenvalue weighted by molar-refractivity contribution is 5.85. The molecule has 1 saturated heterocycles. The van der Waals surface area contributed by atoms with Gasteiger partial charge in [0.1, 0.15) is 5.75 Å². The summed E-state index contributed by atoms with van der Waals surface area (Å²) in [5, 5.41) is 3.82. The minimum absolute atomic E-state index is 0. The van der Waals surface area contributed by atoms with E-state index in [0.717, 1.165) is 31.8 Å². The number of aryl methyl sites for hydroxylation is 1. The summed E-state index contributed by atoms with van der Waals surface area (Å²) in [6, 6.07) is 8.49. The van der Waals surface area contributed by atoms with Gasteiger partial charge in [0.2, 0.25) is 11.7 Å². The summed E-state index contributed by atoms with van der Waals surface area (Å²) in [4.78, 5) is 6.59. The van der Waals surface area contributed by atoms with Crippen molar-refractivity contribution in [2.45, 2.75) is 46.4 Å². The Morgan fingerprint density at radius 1 is 1.32 bits per heavy atom. The average Bonchev–Trinajstić information content (AvgIpc) is 2.96. The number of halogens is 1. The first-order valence-electron chi connectivity index (χ1n) is 8.41. The van der Waals surface area contributed by atoms with Crippen LogP contribution in [0.25, 0.3) is 0 Å². The first-order valence-corrected chi connectivity index (χ1v) is 8.41. The SMILES string of the molecule is Cc1nc(COc2ccc(CN3CCC(N)C(C)(C)C3)cc2)no1.Cl. The third-order valence-electron chi connectivity index (χ3n) is 4.66. The van der Waals surface area contributed by atoms with E-state index in [9.17, 15) is 0 Å². The lowest BCUT2D eigenvalue weighted by molar-refractivity contribution is 0.0898. The first-order chi connectivity index (χ1) is 11.4. The van der Waals surface area contributed by atoms with Crippen molar-refractivity contribution < 1.29 is 9.26 Å². The molecule has 2 aromatic rings. The van der Waals surface area contributed by atoms with Gasteiger partial charge < -0.3 is 15.0 Å². The maximum absolute atomic E-state index is 6.21. The van der Waals surface area contributed by atoms with Gasteiger partial charge in [0, 0.05) is 32.6 Å². The highest BCUT2D eigenvalue weighted by atomic mass is 35.5. The molecule has 2 N–H and O–H groups in total. The Morgan fingerprint density at radius 2 is 2.04 bits per heavy atom. The number of nitrogens with two attached hydrogens (primary N) is 1. The van der Waals surface area contributed by atoms with Gasteiger partial charge in [-0.2, -0.15) is 4.98 Å². The first kappa shape index (κ1) is 19.7. The van der Waals surface area contributed by atoms with Crippen molar-refractivity contribution in [2.75, 3.05) is 13.1 Å². The second kappa shape index (κ2) is 8.17. The number of hydrogen-bond donors (Lipinski definition) is 1. The van der Waals surface area contributed by atoms with E-state index < -0.39 is 0 Å². The van der Waals surface area contributed by atoms with Crippen molar-refractivity contribution in [2.24, 2.45) is 11.1 Å². The van der Waals surface area contributed by atoms with Gasteiger partial charge in [0.25, 0.3) is 0 Å². The topological polar surface area (TPSA) is 77.4 Å². The van der Waals surface area contributed by atoms with Gasteiger partial charge in [0.05, 0.1) is 0 Å². The Hall–Kier alpha value is -1.63. The molecule has 0 bridgehead atoms. The van der Waals surface area contributed by atoms with Gasteiger partial charge in [-0.3, -0.25) is 4.90 Å². The second-order valence-corrected chi connectivity index (χ2v) is 7.26. The summed E-state index contributed by atoms with van der Waals surface area (Å²) in [5.74, 6) is 1.92. The Balaban J connectivity index is 0.00000225. The lowest BCUT2D eigenvalue weighted by Gasteiger charge is -2.42. The van der Waals surface area contributed by atoms with Crippen molar-refractivity contribution >= 4 is 12.4 Å².